The standard InChI is InChI=1S/C36H23N3/c1-2-10-24(11-3-1)35-34-30(22-23-37-35)27-12-4-7-15-31(27)38-36(34)25-18-20-26(21-19-25)39-32-16-8-5-13-28(32)29-14-6-9-17-33(29)39/h1-23H. The Labute approximate surface area is 225 Å². The van der Waals surface area contributed by atoms with E-state index in [0.29, 0.717) is 0 Å². The topological polar surface area (TPSA) is 30.7 Å². The van der Waals surface area contributed by atoms with Gasteiger partial charge in [0.25, 0.3) is 0 Å². The fourth-order valence-corrected chi connectivity index (χ4v) is 5.89. The highest BCUT2D eigenvalue weighted by Crippen LogP contribution is 2.38. The molecule has 3 aromatic heterocycles. The zero-order valence-electron chi connectivity index (χ0n) is 21.1. The number of hydrogen-bond acceptors (Lipinski definition) is 2. The van der Waals surface area contributed by atoms with Crippen LogP contribution < -0.4 is 0 Å². The van der Waals surface area contributed by atoms with Crippen molar-refractivity contribution in [2.45, 2.75) is 0 Å². The maximum absolute atomic E-state index is 5.21. The van der Waals surface area contributed by atoms with Gasteiger partial charge < -0.3 is 4.57 Å². The van der Waals surface area contributed by atoms with Gasteiger partial charge >= 0.3 is 0 Å². The van der Waals surface area contributed by atoms with Crippen molar-refractivity contribution in [3.8, 4) is 28.2 Å². The fraction of sp³-hybridized carbons (Fsp3) is 0. The largest absolute Gasteiger partial charge is 0.309 e. The first-order valence-corrected chi connectivity index (χ1v) is 13.2. The molecule has 0 saturated carbocycles. The second-order valence-electron chi connectivity index (χ2n) is 9.84. The Bertz CT molecular complexity index is 2100. The van der Waals surface area contributed by atoms with E-state index in [9.17, 15) is 0 Å². The van der Waals surface area contributed by atoms with Gasteiger partial charge in [0.15, 0.2) is 0 Å². The van der Waals surface area contributed by atoms with Gasteiger partial charge in [-0.1, -0.05) is 97.1 Å². The minimum Gasteiger partial charge on any atom is -0.309 e. The number of para-hydroxylation sites is 3. The second-order valence-corrected chi connectivity index (χ2v) is 9.84. The first kappa shape index (κ1) is 21.8. The van der Waals surface area contributed by atoms with E-state index in [1.165, 1.54) is 21.8 Å². The van der Waals surface area contributed by atoms with E-state index < -0.39 is 0 Å². The molecule has 0 aliphatic heterocycles. The lowest BCUT2D eigenvalue weighted by molar-refractivity contribution is 1.18. The summed E-state index contributed by atoms with van der Waals surface area (Å²) in [5, 5.41) is 5.90. The van der Waals surface area contributed by atoms with Crippen LogP contribution in [0.25, 0.3) is 71.7 Å². The summed E-state index contributed by atoms with van der Waals surface area (Å²) < 4.78 is 2.34. The Balaban J connectivity index is 1.38. The lowest BCUT2D eigenvalue weighted by atomic mass is 9.96. The third-order valence-electron chi connectivity index (χ3n) is 7.64. The molecule has 0 aliphatic carbocycles. The van der Waals surface area contributed by atoms with Crippen molar-refractivity contribution in [1.29, 1.82) is 0 Å². The van der Waals surface area contributed by atoms with Crippen molar-refractivity contribution in [2.24, 2.45) is 0 Å². The molecule has 0 aliphatic rings. The maximum atomic E-state index is 5.21. The van der Waals surface area contributed by atoms with Crippen molar-refractivity contribution in [3.63, 3.8) is 0 Å². The average molecular weight is 498 g/mol. The summed E-state index contributed by atoms with van der Waals surface area (Å²) in [4.78, 5) is 10.1. The summed E-state index contributed by atoms with van der Waals surface area (Å²) in [6.45, 7) is 0. The van der Waals surface area contributed by atoms with Gasteiger partial charge in [0, 0.05) is 44.6 Å². The van der Waals surface area contributed by atoms with E-state index in [4.69, 9.17) is 9.97 Å². The molecule has 0 bridgehead atoms. The quantitative estimate of drug-likeness (QED) is 0.228. The second kappa shape index (κ2) is 8.64. The number of nitrogens with zero attached hydrogens (tertiary/aromatic N) is 3. The highest BCUT2D eigenvalue weighted by atomic mass is 15.0. The highest BCUT2D eigenvalue weighted by molar-refractivity contribution is 6.15. The van der Waals surface area contributed by atoms with Crippen LogP contribution in [0.5, 0.6) is 0 Å². The maximum Gasteiger partial charge on any atom is 0.0810 e. The molecule has 39 heavy (non-hydrogen) atoms. The number of rotatable bonds is 3. The molecule has 0 spiro atoms. The third-order valence-corrected chi connectivity index (χ3v) is 7.64. The molecule has 0 atom stereocenters. The molecule has 3 heteroatoms. The molecule has 3 heterocycles. The molecule has 0 fully saturated rings. The van der Waals surface area contributed by atoms with Gasteiger partial charge in [0.05, 0.1) is 27.9 Å². The summed E-state index contributed by atoms with van der Waals surface area (Å²) in [5.74, 6) is 0. The van der Waals surface area contributed by atoms with E-state index in [1.54, 1.807) is 0 Å². The van der Waals surface area contributed by atoms with Gasteiger partial charge in [0.2, 0.25) is 0 Å². The Kier molecular flexibility index (Phi) is 4.82. The first-order valence-electron chi connectivity index (χ1n) is 13.2. The zero-order valence-corrected chi connectivity index (χ0v) is 21.1. The van der Waals surface area contributed by atoms with Crippen LogP contribution in [0.1, 0.15) is 0 Å². The van der Waals surface area contributed by atoms with Crippen LogP contribution in [0.3, 0.4) is 0 Å². The Morgan fingerprint density at radius 1 is 0.436 bits per heavy atom. The van der Waals surface area contributed by atoms with Crippen LogP contribution in [0.4, 0.5) is 0 Å². The molecule has 0 unspecified atom stereocenters. The van der Waals surface area contributed by atoms with Gasteiger partial charge in [-0.15, -0.1) is 0 Å². The van der Waals surface area contributed by atoms with Crippen LogP contribution in [-0.4, -0.2) is 14.5 Å². The SMILES string of the molecule is c1ccc(-c2nccc3c2c(-c2ccc(-n4c5ccccc5c5ccccc54)cc2)nc2ccccc23)cc1. The van der Waals surface area contributed by atoms with Crippen molar-refractivity contribution in [1.82, 2.24) is 14.5 Å². The fourth-order valence-electron chi connectivity index (χ4n) is 5.89. The molecule has 8 aromatic rings. The lowest BCUT2D eigenvalue weighted by Crippen LogP contribution is -1.96. The Morgan fingerprint density at radius 2 is 1.03 bits per heavy atom. The van der Waals surface area contributed by atoms with Crippen LogP contribution in [0.15, 0.2) is 140 Å². The van der Waals surface area contributed by atoms with Crippen molar-refractivity contribution in [3.05, 3.63) is 140 Å². The third kappa shape index (κ3) is 3.37. The molecule has 0 radical (unpaired) electrons. The number of pyridine rings is 2. The molecule has 182 valence electrons. The minimum atomic E-state index is 0.949. The predicted molar refractivity (Wildman–Crippen MR) is 162 cm³/mol. The van der Waals surface area contributed by atoms with E-state index in [0.717, 1.165) is 49.9 Å². The first-order chi connectivity index (χ1) is 19.4. The summed E-state index contributed by atoms with van der Waals surface area (Å²) >= 11 is 0. The Hall–Kier alpha value is -5.28. The highest BCUT2D eigenvalue weighted by Gasteiger charge is 2.17. The summed E-state index contributed by atoms with van der Waals surface area (Å²) in [5.41, 5.74) is 8.58. The monoisotopic (exact) mass is 497 g/mol. The Morgan fingerprint density at radius 3 is 1.74 bits per heavy atom. The lowest BCUT2D eigenvalue weighted by Gasteiger charge is -2.14. The molecule has 0 N–H and O–H groups in total. The van der Waals surface area contributed by atoms with Crippen LogP contribution in [0, 0.1) is 0 Å². The number of hydrogen-bond donors (Lipinski definition) is 0. The van der Waals surface area contributed by atoms with E-state index in [-0.39, 0.29) is 0 Å². The average Bonchev–Trinajstić information content (AvgIpc) is 3.35. The van der Waals surface area contributed by atoms with Gasteiger partial charge in [-0.05, 0) is 41.8 Å². The molecular formula is C36H23N3. The van der Waals surface area contributed by atoms with Gasteiger partial charge in [-0.2, -0.15) is 0 Å². The zero-order chi connectivity index (χ0) is 25.8. The normalized spacial score (nSPS) is 11.6. The smallest absolute Gasteiger partial charge is 0.0810 e. The van der Waals surface area contributed by atoms with Crippen molar-refractivity contribution < 1.29 is 0 Å². The van der Waals surface area contributed by atoms with Crippen molar-refractivity contribution >= 4 is 43.5 Å². The van der Waals surface area contributed by atoms with Crippen molar-refractivity contribution in [2.75, 3.05) is 0 Å². The summed E-state index contributed by atoms with van der Waals surface area (Å²) in [6, 6.07) is 46.9. The van der Waals surface area contributed by atoms with E-state index in [2.05, 4.69) is 132 Å². The summed E-state index contributed by atoms with van der Waals surface area (Å²) in [7, 11) is 0. The van der Waals surface area contributed by atoms with Gasteiger partial charge in [-0.3, -0.25) is 4.98 Å². The molecule has 3 nitrogen and oxygen atoms in total. The number of benzene rings is 5. The molecular weight excluding hydrogens is 474 g/mol. The van der Waals surface area contributed by atoms with E-state index >= 15 is 0 Å². The minimum absolute atomic E-state index is 0.949. The molecule has 8 rings (SSSR count). The van der Waals surface area contributed by atoms with Gasteiger partial charge in [-0.25, -0.2) is 4.98 Å². The summed E-state index contributed by atoms with van der Waals surface area (Å²) in [6.07, 6.45) is 1.91. The molecule has 0 amide bonds. The predicted octanol–water partition coefficient (Wildman–Crippen LogP) is 9.21. The van der Waals surface area contributed by atoms with Crippen LogP contribution >= 0.6 is 0 Å². The number of fused-ring (bicyclic) bond motifs is 6. The van der Waals surface area contributed by atoms with Gasteiger partial charge in [0.1, 0.15) is 0 Å². The molecule has 5 aromatic carbocycles. The molecule has 0 saturated heterocycles. The van der Waals surface area contributed by atoms with Crippen LogP contribution in [-0.2, 0) is 0 Å². The number of aromatic nitrogens is 3. The van der Waals surface area contributed by atoms with E-state index in [1.807, 2.05) is 12.3 Å². The van der Waals surface area contributed by atoms with Crippen LogP contribution in [0.2, 0.25) is 0 Å².